The number of halogens is 3. The van der Waals surface area contributed by atoms with E-state index in [0.717, 1.165) is 18.6 Å². The number of ether oxygens (including phenoxy) is 2. The molecule has 3 fully saturated rings. The number of benzene rings is 1. The van der Waals surface area contributed by atoms with Crippen LogP contribution in [0.4, 0.5) is 29.3 Å². The molecule has 4 rings (SSSR count). The van der Waals surface area contributed by atoms with Gasteiger partial charge < -0.3 is 25.0 Å². The second-order valence-corrected chi connectivity index (χ2v) is 8.47. The van der Waals surface area contributed by atoms with E-state index in [1.165, 1.54) is 6.07 Å². The van der Waals surface area contributed by atoms with Gasteiger partial charge in [0.2, 0.25) is 0 Å². The number of nitrogens with zero attached hydrogens (tertiary/aromatic N) is 1. The molecule has 2 aliphatic heterocycles. The average molecular weight is 413 g/mol. The van der Waals surface area contributed by atoms with Gasteiger partial charge in [0.05, 0.1) is 36.3 Å². The minimum atomic E-state index is -4.49. The zero-order valence-corrected chi connectivity index (χ0v) is 16.5. The van der Waals surface area contributed by atoms with Crippen LogP contribution in [0.2, 0.25) is 0 Å². The van der Waals surface area contributed by atoms with E-state index in [1.807, 2.05) is 18.7 Å². The van der Waals surface area contributed by atoms with Crippen molar-refractivity contribution in [2.75, 3.05) is 43.1 Å². The first-order chi connectivity index (χ1) is 13.7. The summed E-state index contributed by atoms with van der Waals surface area (Å²) in [6.07, 6.45) is -3.49. The topological polar surface area (TPSA) is 62.8 Å². The third-order valence-corrected chi connectivity index (χ3v) is 6.31. The summed E-state index contributed by atoms with van der Waals surface area (Å²) in [5.41, 5.74) is -0.292. The number of urea groups is 1. The molecule has 1 aromatic rings. The Morgan fingerprint density at radius 2 is 1.93 bits per heavy atom. The van der Waals surface area contributed by atoms with Gasteiger partial charge in [-0.3, -0.25) is 0 Å². The lowest BCUT2D eigenvalue weighted by Crippen LogP contribution is -2.67. The van der Waals surface area contributed by atoms with Gasteiger partial charge in [-0.25, -0.2) is 4.79 Å². The van der Waals surface area contributed by atoms with E-state index < -0.39 is 17.8 Å². The minimum Gasteiger partial charge on any atom is -0.378 e. The lowest BCUT2D eigenvalue weighted by Gasteiger charge is -2.54. The zero-order valence-electron chi connectivity index (χ0n) is 16.5. The Kier molecular flexibility index (Phi) is 5.14. The van der Waals surface area contributed by atoms with Crippen molar-refractivity contribution in [3.8, 4) is 0 Å². The minimum absolute atomic E-state index is 0.0763. The Labute approximate surface area is 167 Å². The van der Waals surface area contributed by atoms with Gasteiger partial charge in [0, 0.05) is 37.1 Å². The molecule has 9 heteroatoms. The molecule has 0 unspecified atom stereocenters. The number of hydrogen-bond donors (Lipinski definition) is 2. The molecule has 3 aliphatic rings. The van der Waals surface area contributed by atoms with Crippen LogP contribution in [-0.4, -0.2) is 51.1 Å². The van der Waals surface area contributed by atoms with Crippen molar-refractivity contribution in [1.82, 2.24) is 5.32 Å². The Morgan fingerprint density at radius 1 is 1.21 bits per heavy atom. The number of carbonyl (C=O) groups excluding carboxylic acids is 1. The molecule has 6 nitrogen and oxygen atoms in total. The summed E-state index contributed by atoms with van der Waals surface area (Å²) in [6, 6.07) is 2.88. The van der Waals surface area contributed by atoms with Crippen molar-refractivity contribution in [2.45, 2.75) is 38.6 Å². The molecule has 0 aromatic heterocycles. The van der Waals surface area contributed by atoms with Crippen LogP contribution in [0.15, 0.2) is 18.2 Å². The van der Waals surface area contributed by atoms with Crippen molar-refractivity contribution in [3.63, 3.8) is 0 Å². The number of fused-ring (bicyclic) bond motifs is 1. The molecule has 2 heterocycles. The Hall–Kier alpha value is -2.00. The molecule has 2 amide bonds. The normalized spacial score (nSPS) is 28.4. The van der Waals surface area contributed by atoms with E-state index in [9.17, 15) is 18.0 Å². The van der Waals surface area contributed by atoms with Gasteiger partial charge >= 0.3 is 12.2 Å². The molecule has 3 atom stereocenters. The summed E-state index contributed by atoms with van der Waals surface area (Å²) in [4.78, 5) is 14.6. The lowest BCUT2D eigenvalue weighted by molar-refractivity contribution is -0.137. The van der Waals surface area contributed by atoms with Crippen molar-refractivity contribution >= 4 is 17.4 Å². The van der Waals surface area contributed by atoms with E-state index in [1.54, 1.807) is 0 Å². The molecule has 0 bridgehead atoms. The summed E-state index contributed by atoms with van der Waals surface area (Å²) in [6.45, 7) is 6.84. The molecule has 1 aliphatic carbocycles. The number of rotatable bonds is 3. The SMILES string of the molecule is CC1(C)[C@H](NC(=O)Nc2cc(C(F)(F)F)ccc2N2CCOCC2)[C@@H]2CCO[C@H]21. The number of morpholine rings is 1. The predicted molar refractivity (Wildman–Crippen MR) is 102 cm³/mol. The second-order valence-electron chi connectivity index (χ2n) is 8.47. The molecule has 29 heavy (non-hydrogen) atoms. The third-order valence-electron chi connectivity index (χ3n) is 6.31. The van der Waals surface area contributed by atoms with Crippen LogP contribution in [-0.2, 0) is 15.7 Å². The van der Waals surface area contributed by atoms with Crippen molar-refractivity contribution in [2.24, 2.45) is 11.3 Å². The highest BCUT2D eigenvalue weighted by Gasteiger charge is 2.59. The Morgan fingerprint density at radius 3 is 2.62 bits per heavy atom. The molecule has 0 radical (unpaired) electrons. The summed E-state index contributed by atoms with van der Waals surface area (Å²) in [7, 11) is 0. The van der Waals surface area contributed by atoms with Crippen LogP contribution in [0, 0.1) is 11.3 Å². The van der Waals surface area contributed by atoms with Crippen LogP contribution >= 0.6 is 0 Å². The summed E-state index contributed by atoms with van der Waals surface area (Å²) >= 11 is 0. The molecule has 0 spiro atoms. The van der Waals surface area contributed by atoms with Crippen molar-refractivity contribution in [3.05, 3.63) is 23.8 Å². The maximum atomic E-state index is 13.2. The quantitative estimate of drug-likeness (QED) is 0.797. The van der Waals surface area contributed by atoms with Gasteiger partial charge in [-0.15, -0.1) is 0 Å². The summed E-state index contributed by atoms with van der Waals surface area (Å²) in [5.74, 6) is 0.246. The van der Waals surface area contributed by atoms with Crippen LogP contribution in [0.5, 0.6) is 0 Å². The van der Waals surface area contributed by atoms with Gasteiger partial charge in [0.15, 0.2) is 0 Å². The molecule has 2 N–H and O–H groups in total. The maximum absolute atomic E-state index is 13.2. The summed E-state index contributed by atoms with van der Waals surface area (Å²) < 4.78 is 50.7. The van der Waals surface area contributed by atoms with Crippen molar-refractivity contribution < 1.29 is 27.4 Å². The Bertz CT molecular complexity index is 778. The molecule has 1 aromatic carbocycles. The first-order valence-corrected chi connectivity index (χ1v) is 9.91. The fourth-order valence-electron chi connectivity index (χ4n) is 4.81. The average Bonchev–Trinajstić information content (AvgIpc) is 3.13. The van der Waals surface area contributed by atoms with E-state index in [-0.39, 0.29) is 29.2 Å². The van der Waals surface area contributed by atoms with Crippen LogP contribution in [0.25, 0.3) is 0 Å². The van der Waals surface area contributed by atoms with Crippen molar-refractivity contribution in [1.29, 1.82) is 0 Å². The molecule has 2 saturated heterocycles. The highest BCUT2D eigenvalue weighted by molar-refractivity contribution is 5.93. The van der Waals surface area contributed by atoms with Crippen LogP contribution < -0.4 is 15.5 Å². The monoisotopic (exact) mass is 413 g/mol. The largest absolute Gasteiger partial charge is 0.416 e. The standard InChI is InChI=1S/C20H26F3N3O3/c1-19(2)16(13-5-8-29-17(13)19)25-18(27)24-14-11-12(20(21,22)23)3-4-15(14)26-6-9-28-10-7-26/h3-4,11,13,16-17H,5-10H2,1-2H3,(H2,24,25,27)/t13-,16+,17+/m0/s1. The van der Waals surface area contributed by atoms with Crippen LogP contribution in [0.1, 0.15) is 25.8 Å². The predicted octanol–water partition coefficient (Wildman–Crippen LogP) is 3.48. The number of carbonyl (C=O) groups is 1. The van der Waals surface area contributed by atoms with Gasteiger partial charge in [-0.05, 0) is 24.6 Å². The fraction of sp³-hybridized carbons (Fsp3) is 0.650. The number of amides is 2. The fourth-order valence-corrected chi connectivity index (χ4v) is 4.81. The summed E-state index contributed by atoms with van der Waals surface area (Å²) in [5, 5.41) is 5.62. The first-order valence-electron chi connectivity index (χ1n) is 9.91. The maximum Gasteiger partial charge on any atom is 0.416 e. The van der Waals surface area contributed by atoms with Gasteiger partial charge in [-0.1, -0.05) is 13.8 Å². The molecular formula is C20H26F3N3O3. The Balaban J connectivity index is 1.53. The molecule has 1 saturated carbocycles. The molecule has 160 valence electrons. The second kappa shape index (κ2) is 7.36. The molecular weight excluding hydrogens is 387 g/mol. The lowest BCUT2D eigenvalue weighted by atomic mass is 9.57. The number of anilines is 2. The van der Waals surface area contributed by atoms with E-state index in [4.69, 9.17) is 9.47 Å². The number of alkyl halides is 3. The first kappa shape index (κ1) is 20.3. The highest BCUT2D eigenvalue weighted by Crippen LogP contribution is 2.52. The van der Waals surface area contributed by atoms with Crippen LogP contribution in [0.3, 0.4) is 0 Å². The van der Waals surface area contributed by atoms with E-state index in [0.29, 0.717) is 38.6 Å². The zero-order chi connectivity index (χ0) is 20.8. The van der Waals surface area contributed by atoms with E-state index >= 15 is 0 Å². The smallest absolute Gasteiger partial charge is 0.378 e. The van der Waals surface area contributed by atoms with E-state index in [2.05, 4.69) is 10.6 Å². The number of hydrogen-bond acceptors (Lipinski definition) is 4. The van der Waals surface area contributed by atoms with Gasteiger partial charge in [0.1, 0.15) is 0 Å². The highest BCUT2D eigenvalue weighted by atomic mass is 19.4. The van der Waals surface area contributed by atoms with Gasteiger partial charge in [0.25, 0.3) is 0 Å². The number of nitrogens with one attached hydrogen (secondary N) is 2. The third kappa shape index (κ3) is 3.77. The van der Waals surface area contributed by atoms with Gasteiger partial charge in [-0.2, -0.15) is 13.2 Å².